The summed E-state index contributed by atoms with van der Waals surface area (Å²) in [5.41, 5.74) is 3.06. The predicted molar refractivity (Wildman–Crippen MR) is 141 cm³/mol. The van der Waals surface area contributed by atoms with Gasteiger partial charge in [-0.05, 0) is 49.6 Å². The van der Waals surface area contributed by atoms with Crippen molar-refractivity contribution < 1.29 is 14.3 Å². The lowest BCUT2D eigenvalue weighted by molar-refractivity contribution is -0.143. The molecule has 0 fully saturated rings. The second-order valence-electron chi connectivity index (χ2n) is 8.78. The minimum atomic E-state index is -0.692. The largest absolute Gasteiger partial charge is 0.484 e. The fourth-order valence-corrected chi connectivity index (χ4v) is 3.85. The molecule has 184 valence electrons. The molecule has 0 aliphatic heterocycles. The summed E-state index contributed by atoms with van der Waals surface area (Å²) in [7, 11) is 0. The number of aryl methyl sites for hydroxylation is 1. The van der Waals surface area contributed by atoms with Crippen LogP contribution in [-0.4, -0.2) is 35.4 Å². The molecule has 3 aromatic carbocycles. The van der Waals surface area contributed by atoms with Gasteiger partial charge in [-0.15, -0.1) is 0 Å². The fourth-order valence-electron chi connectivity index (χ4n) is 3.67. The molecule has 2 amide bonds. The third kappa shape index (κ3) is 8.15. The highest BCUT2D eigenvalue weighted by atomic mass is 35.5. The monoisotopic (exact) mass is 492 g/mol. The van der Waals surface area contributed by atoms with Crippen LogP contribution < -0.4 is 10.1 Å². The van der Waals surface area contributed by atoms with E-state index in [1.165, 1.54) is 0 Å². The molecule has 0 aliphatic rings. The zero-order chi connectivity index (χ0) is 25.2. The van der Waals surface area contributed by atoms with E-state index >= 15 is 0 Å². The maximum atomic E-state index is 13.6. The number of halogens is 1. The number of nitrogens with zero attached hydrogens (tertiary/aromatic N) is 1. The summed E-state index contributed by atoms with van der Waals surface area (Å²) in [5, 5.41) is 3.60. The highest BCUT2D eigenvalue weighted by molar-refractivity contribution is 6.30. The van der Waals surface area contributed by atoms with Crippen LogP contribution in [0.4, 0.5) is 0 Å². The molecule has 2 atom stereocenters. The molecule has 3 rings (SSSR count). The Morgan fingerprint density at radius 3 is 2.34 bits per heavy atom. The quantitative estimate of drug-likeness (QED) is 0.380. The van der Waals surface area contributed by atoms with Gasteiger partial charge in [0, 0.05) is 24.0 Å². The van der Waals surface area contributed by atoms with E-state index in [4.69, 9.17) is 16.3 Å². The van der Waals surface area contributed by atoms with Crippen molar-refractivity contribution in [1.29, 1.82) is 0 Å². The Bertz CT molecular complexity index is 1100. The van der Waals surface area contributed by atoms with Crippen LogP contribution in [-0.2, 0) is 22.6 Å². The molecule has 0 spiro atoms. The Kier molecular flexibility index (Phi) is 9.74. The number of hydrogen-bond acceptors (Lipinski definition) is 3. The molecule has 0 heterocycles. The third-order valence-electron chi connectivity index (χ3n) is 5.90. The van der Waals surface area contributed by atoms with Crippen LogP contribution in [0.1, 0.15) is 37.0 Å². The molecule has 2 unspecified atom stereocenters. The molecule has 3 aromatic rings. The minimum absolute atomic E-state index is 0.000175. The van der Waals surface area contributed by atoms with E-state index in [9.17, 15) is 9.59 Å². The smallest absolute Gasteiger partial charge is 0.261 e. The van der Waals surface area contributed by atoms with Crippen LogP contribution in [0.3, 0.4) is 0 Å². The number of nitrogens with one attached hydrogen (secondary N) is 1. The summed E-state index contributed by atoms with van der Waals surface area (Å²) in [6.45, 7) is 6.10. The first kappa shape index (κ1) is 26.3. The van der Waals surface area contributed by atoms with Gasteiger partial charge in [0.2, 0.25) is 5.91 Å². The lowest BCUT2D eigenvalue weighted by atomic mass is 10.0. The lowest BCUT2D eigenvalue weighted by Crippen LogP contribution is -2.53. The maximum absolute atomic E-state index is 13.6. The zero-order valence-electron chi connectivity index (χ0n) is 20.5. The summed E-state index contributed by atoms with van der Waals surface area (Å²) in [6.07, 6.45) is 1.20. The van der Waals surface area contributed by atoms with Crippen molar-refractivity contribution in [2.45, 2.75) is 52.2 Å². The normalized spacial score (nSPS) is 12.5. The number of ether oxygens (including phenoxy) is 1. The zero-order valence-corrected chi connectivity index (χ0v) is 21.3. The van der Waals surface area contributed by atoms with Crippen molar-refractivity contribution in [3.63, 3.8) is 0 Å². The SMILES string of the molecule is CCC(C)NC(=O)C(Cc1ccccc1)N(Cc1ccc(C)cc1)C(=O)COc1cccc(Cl)c1. The van der Waals surface area contributed by atoms with Crippen LogP contribution in [0.5, 0.6) is 5.75 Å². The highest BCUT2D eigenvalue weighted by Crippen LogP contribution is 2.19. The number of rotatable bonds is 11. The van der Waals surface area contributed by atoms with Gasteiger partial charge in [-0.1, -0.05) is 84.8 Å². The Morgan fingerprint density at radius 1 is 0.971 bits per heavy atom. The standard InChI is InChI=1S/C29H33ClN2O3/c1-4-22(3)31-29(34)27(17-23-9-6-5-7-10-23)32(19-24-15-13-21(2)14-16-24)28(33)20-35-26-12-8-11-25(30)18-26/h5-16,18,22,27H,4,17,19-20H2,1-3H3,(H,31,34). The molecule has 35 heavy (non-hydrogen) atoms. The molecule has 0 saturated carbocycles. The molecule has 0 aromatic heterocycles. The maximum Gasteiger partial charge on any atom is 0.261 e. The first-order valence-corrected chi connectivity index (χ1v) is 12.3. The van der Waals surface area contributed by atoms with Gasteiger partial charge in [-0.2, -0.15) is 0 Å². The van der Waals surface area contributed by atoms with Gasteiger partial charge in [-0.3, -0.25) is 9.59 Å². The van der Waals surface area contributed by atoms with Crippen LogP contribution >= 0.6 is 11.6 Å². The van der Waals surface area contributed by atoms with Crippen molar-refractivity contribution in [3.05, 3.63) is 101 Å². The van der Waals surface area contributed by atoms with E-state index in [2.05, 4.69) is 5.32 Å². The van der Waals surface area contributed by atoms with Crippen molar-refractivity contribution >= 4 is 23.4 Å². The van der Waals surface area contributed by atoms with Gasteiger partial charge in [0.1, 0.15) is 11.8 Å². The van der Waals surface area contributed by atoms with Crippen molar-refractivity contribution in [2.75, 3.05) is 6.61 Å². The molecule has 6 heteroatoms. The van der Waals surface area contributed by atoms with E-state index in [1.807, 2.05) is 75.4 Å². The van der Waals surface area contributed by atoms with Crippen LogP contribution in [0.25, 0.3) is 0 Å². The summed E-state index contributed by atoms with van der Waals surface area (Å²) >= 11 is 6.06. The van der Waals surface area contributed by atoms with Crippen molar-refractivity contribution in [2.24, 2.45) is 0 Å². The topological polar surface area (TPSA) is 58.6 Å². The van der Waals surface area contributed by atoms with Gasteiger partial charge in [0.05, 0.1) is 0 Å². The summed E-state index contributed by atoms with van der Waals surface area (Å²) in [6, 6.07) is 24.0. The van der Waals surface area contributed by atoms with Crippen molar-refractivity contribution in [1.82, 2.24) is 10.2 Å². The molecule has 0 bridgehead atoms. The second-order valence-corrected chi connectivity index (χ2v) is 9.21. The molecule has 0 aliphatic carbocycles. The van der Waals surface area contributed by atoms with Gasteiger partial charge >= 0.3 is 0 Å². The molecular weight excluding hydrogens is 460 g/mol. The van der Waals surface area contributed by atoms with Crippen LogP contribution in [0.15, 0.2) is 78.9 Å². The van der Waals surface area contributed by atoms with Crippen molar-refractivity contribution in [3.8, 4) is 5.75 Å². The number of hydrogen-bond donors (Lipinski definition) is 1. The second kappa shape index (κ2) is 13.0. The number of benzene rings is 3. The summed E-state index contributed by atoms with van der Waals surface area (Å²) < 4.78 is 5.76. The lowest BCUT2D eigenvalue weighted by Gasteiger charge is -2.32. The number of amides is 2. The predicted octanol–water partition coefficient (Wildman–Crippen LogP) is 5.58. The van der Waals surface area contributed by atoms with E-state index in [0.29, 0.717) is 23.7 Å². The van der Waals surface area contributed by atoms with Gasteiger partial charge in [0.15, 0.2) is 6.61 Å². The Hall–Kier alpha value is -3.31. The van der Waals surface area contributed by atoms with Gasteiger partial charge < -0.3 is 15.0 Å². The molecule has 1 N–H and O–H groups in total. The number of carbonyl (C=O) groups is 2. The summed E-state index contributed by atoms with van der Waals surface area (Å²) in [5.74, 6) is 0.0574. The first-order valence-electron chi connectivity index (χ1n) is 11.9. The number of carbonyl (C=O) groups excluding carboxylic acids is 2. The molecule has 0 saturated heterocycles. The van der Waals surface area contributed by atoms with E-state index in [1.54, 1.807) is 29.2 Å². The molecule has 5 nitrogen and oxygen atoms in total. The Labute approximate surface area is 213 Å². The van der Waals surface area contributed by atoms with E-state index in [0.717, 1.165) is 23.1 Å². The molecular formula is C29H33ClN2O3. The van der Waals surface area contributed by atoms with Crippen LogP contribution in [0.2, 0.25) is 5.02 Å². The highest BCUT2D eigenvalue weighted by Gasteiger charge is 2.31. The van der Waals surface area contributed by atoms with Gasteiger partial charge in [-0.25, -0.2) is 0 Å². The first-order chi connectivity index (χ1) is 16.9. The Morgan fingerprint density at radius 2 is 1.69 bits per heavy atom. The fraction of sp³-hybridized carbons (Fsp3) is 0.310. The average molecular weight is 493 g/mol. The van der Waals surface area contributed by atoms with Gasteiger partial charge in [0.25, 0.3) is 5.91 Å². The molecule has 0 radical (unpaired) electrons. The van der Waals surface area contributed by atoms with Crippen LogP contribution in [0, 0.1) is 6.92 Å². The third-order valence-corrected chi connectivity index (χ3v) is 6.14. The summed E-state index contributed by atoms with van der Waals surface area (Å²) in [4.78, 5) is 28.6. The average Bonchev–Trinajstić information content (AvgIpc) is 2.86. The van der Waals surface area contributed by atoms with E-state index < -0.39 is 6.04 Å². The minimum Gasteiger partial charge on any atom is -0.484 e. The Balaban J connectivity index is 1.90. The van der Waals surface area contributed by atoms with E-state index in [-0.39, 0.29) is 24.5 Å².